The maximum Gasteiger partial charge on any atom is 0.344 e. The molecule has 128 valence electrons. The second-order valence-electron chi connectivity index (χ2n) is 5.83. The molecule has 0 radical (unpaired) electrons. The van der Waals surface area contributed by atoms with Gasteiger partial charge in [0, 0.05) is 11.6 Å². The predicted octanol–water partition coefficient (Wildman–Crippen LogP) is 3.79. The van der Waals surface area contributed by atoms with Crippen molar-refractivity contribution >= 4 is 16.9 Å². The standard InChI is InChI=1S/C20H18O5/c1-13(2)24-20(22)12-23-15-8-9-18-16(10-15)17(21)11-19(25-18)14-6-4-3-5-7-14/h3-11,13H,12H2,1-2H3. The van der Waals surface area contributed by atoms with Gasteiger partial charge in [0.15, 0.2) is 12.0 Å². The topological polar surface area (TPSA) is 65.7 Å². The van der Waals surface area contributed by atoms with E-state index >= 15 is 0 Å². The Morgan fingerprint density at radius 3 is 2.56 bits per heavy atom. The lowest BCUT2D eigenvalue weighted by molar-refractivity contribution is -0.149. The van der Waals surface area contributed by atoms with Gasteiger partial charge in [-0.2, -0.15) is 0 Å². The van der Waals surface area contributed by atoms with Gasteiger partial charge in [0.2, 0.25) is 0 Å². The van der Waals surface area contributed by atoms with Crippen molar-refractivity contribution < 1.29 is 18.7 Å². The van der Waals surface area contributed by atoms with Crippen molar-refractivity contribution in [2.45, 2.75) is 20.0 Å². The maximum atomic E-state index is 12.4. The number of hydrogen-bond donors (Lipinski definition) is 0. The van der Waals surface area contributed by atoms with E-state index in [9.17, 15) is 9.59 Å². The zero-order valence-corrected chi connectivity index (χ0v) is 14.0. The number of carbonyl (C=O) groups is 1. The smallest absolute Gasteiger partial charge is 0.344 e. The van der Waals surface area contributed by atoms with E-state index in [2.05, 4.69) is 0 Å². The summed E-state index contributed by atoms with van der Waals surface area (Å²) in [7, 11) is 0. The lowest BCUT2D eigenvalue weighted by Crippen LogP contribution is -2.18. The summed E-state index contributed by atoms with van der Waals surface area (Å²) in [6.45, 7) is 3.32. The minimum atomic E-state index is -0.457. The highest BCUT2D eigenvalue weighted by atomic mass is 16.6. The summed E-state index contributed by atoms with van der Waals surface area (Å²) in [6.07, 6.45) is -0.198. The van der Waals surface area contributed by atoms with Gasteiger partial charge >= 0.3 is 5.97 Å². The lowest BCUT2D eigenvalue weighted by Gasteiger charge is -2.10. The quantitative estimate of drug-likeness (QED) is 0.662. The van der Waals surface area contributed by atoms with Crippen LogP contribution in [0.4, 0.5) is 0 Å². The summed E-state index contributed by atoms with van der Waals surface area (Å²) in [4.78, 5) is 23.9. The van der Waals surface area contributed by atoms with E-state index in [1.807, 2.05) is 30.3 Å². The van der Waals surface area contributed by atoms with Gasteiger partial charge in [-0.05, 0) is 32.0 Å². The molecule has 0 spiro atoms. The second kappa shape index (κ2) is 7.21. The van der Waals surface area contributed by atoms with E-state index < -0.39 is 5.97 Å². The molecule has 0 aliphatic carbocycles. The van der Waals surface area contributed by atoms with Crippen LogP contribution in [0, 0.1) is 0 Å². The van der Waals surface area contributed by atoms with Crippen molar-refractivity contribution in [3.8, 4) is 17.1 Å². The van der Waals surface area contributed by atoms with Crippen LogP contribution < -0.4 is 10.2 Å². The first-order valence-corrected chi connectivity index (χ1v) is 7.98. The van der Waals surface area contributed by atoms with Crippen molar-refractivity contribution in [1.82, 2.24) is 0 Å². The highest BCUT2D eigenvalue weighted by Crippen LogP contribution is 2.24. The number of esters is 1. The highest BCUT2D eigenvalue weighted by Gasteiger charge is 2.10. The van der Waals surface area contributed by atoms with Crippen LogP contribution in [0.3, 0.4) is 0 Å². The molecule has 0 unspecified atom stereocenters. The SMILES string of the molecule is CC(C)OC(=O)COc1ccc2oc(-c3ccccc3)cc(=O)c2c1. The van der Waals surface area contributed by atoms with Crippen LogP contribution in [0.2, 0.25) is 0 Å². The van der Waals surface area contributed by atoms with Gasteiger partial charge in [-0.1, -0.05) is 30.3 Å². The van der Waals surface area contributed by atoms with Gasteiger partial charge < -0.3 is 13.9 Å². The summed E-state index contributed by atoms with van der Waals surface area (Å²) in [5.74, 6) is 0.460. The third kappa shape index (κ3) is 4.07. The first-order valence-electron chi connectivity index (χ1n) is 7.98. The van der Waals surface area contributed by atoms with Crippen LogP contribution in [0.25, 0.3) is 22.3 Å². The molecule has 1 heterocycles. The lowest BCUT2D eigenvalue weighted by atomic mass is 10.1. The molecule has 3 rings (SSSR count). The molecule has 0 atom stereocenters. The minimum Gasteiger partial charge on any atom is -0.482 e. The zero-order valence-electron chi connectivity index (χ0n) is 14.0. The second-order valence-corrected chi connectivity index (χ2v) is 5.83. The molecule has 0 fully saturated rings. The van der Waals surface area contributed by atoms with Crippen LogP contribution in [0.15, 0.2) is 63.8 Å². The normalized spacial score (nSPS) is 10.8. The first kappa shape index (κ1) is 16.8. The highest BCUT2D eigenvalue weighted by molar-refractivity contribution is 5.80. The summed E-state index contributed by atoms with van der Waals surface area (Å²) in [5, 5.41) is 0.398. The Morgan fingerprint density at radius 1 is 1.08 bits per heavy atom. The monoisotopic (exact) mass is 338 g/mol. The Hall–Kier alpha value is -3.08. The van der Waals surface area contributed by atoms with Gasteiger partial charge in [0.25, 0.3) is 0 Å². The van der Waals surface area contributed by atoms with Gasteiger partial charge in [-0.15, -0.1) is 0 Å². The Bertz CT molecular complexity index is 941. The zero-order chi connectivity index (χ0) is 17.8. The van der Waals surface area contributed by atoms with Gasteiger partial charge in [-0.3, -0.25) is 4.79 Å². The van der Waals surface area contributed by atoms with Gasteiger partial charge in [0.05, 0.1) is 11.5 Å². The third-order valence-corrected chi connectivity index (χ3v) is 3.48. The predicted molar refractivity (Wildman–Crippen MR) is 94.6 cm³/mol. The molecular formula is C20H18O5. The molecule has 0 N–H and O–H groups in total. The molecule has 25 heavy (non-hydrogen) atoms. The Morgan fingerprint density at radius 2 is 1.84 bits per heavy atom. The number of rotatable bonds is 5. The molecule has 0 saturated heterocycles. The maximum absolute atomic E-state index is 12.4. The van der Waals surface area contributed by atoms with Crippen molar-refractivity contribution in [2.75, 3.05) is 6.61 Å². The number of carbonyl (C=O) groups excluding carboxylic acids is 1. The molecule has 0 aliphatic heterocycles. The van der Waals surface area contributed by atoms with Crippen molar-refractivity contribution in [2.24, 2.45) is 0 Å². The average molecular weight is 338 g/mol. The number of fused-ring (bicyclic) bond motifs is 1. The molecule has 5 nitrogen and oxygen atoms in total. The molecule has 1 aromatic heterocycles. The van der Waals surface area contributed by atoms with Crippen LogP contribution in [-0.2, 0) is 9.53 Å². The summed E-state index contributed by atoms with van der Waals surface area (Å²) in [6, 6.07) is 15.8. The van der Waals surface area contributed by atoms with Gasteiger partial charge in [0.1, 0.15) is 17.1 Å². The molecule has 3 aromatic rings. The van der Waals surface area contributed by atoms with E-state index in [4.69, 9.17) is 13.9 Å². The number of hydrogen-bond acceptors (Lipinski definition) is 5. The Labute approximate surface area is 144 Å². The summed E-state index contributed by atoms with van der Waals surface area (Å²) >= 11 is 0. The molecule has 0 aliphatic rings. The van der Waals surface area contributed by atoms with Crippen LogP contribution >= 0.6 is 0 Å². The molecule has 0 bridgehead atoms. The van der Waals surface area contributed by atoms with Crippen molar-refractivity contribution in [1.29, 1.82) is 0 Å². The number of ether oxygens (including phenoxy) is 2. The van der Waals surface area contributed by atoms with E-state index in [1.165, 1.54) is 6.07 Å². The molecule has 2 aromatic carbocycles. The van der Waals surface area contributed by atoms with Crippen LogP contribution in [0.5, 0.6) is 5.75 Å². The summed E-state index contributed by atoms with van der Waals surface area (Å²) in [5.41, 5.74) is 1.12. The summed E-state index contributed by atoms with van der Waals surface area (Å²) < 4.78 is 16.2. The molecule has 0 amide bonds. The van der Waals surface area contributed by atoms with E-state index in [0.717, 1.165) is 5.56 Å². The molecular weight excluding hydrogens is 320 g/mol. The molecule has 0 saturated carbocycles. The molecule has 5 heteroatoms. The number of benzene rings is 2. The Balaban J connectivity index is 1.85. The average Bonchev–Trinajstić information content (AvgIpc) is 2.60. The van der Waals surface area contributed by atoms with Crippen molar-refractivity contribution in [3.63, 3.8) is 0 Å². The fourth-order valence-corrected chi connectivity index (χ4v) is 2.41. The fourth-order valence-electron chi connectivity index (χ4n) is 2.41. The first-order chi connectivity index (χ1) is 12.0. The van der Waals surface area contributed by atoms with E-state index in [0.29, 0.717) is 22.5 Å². The van der Waals surface area contributed by atoms with Crippen LogP contribution in [-0.4, -0.2) is 18.7 Å². The third-order valence-electron chi connectivity index (χ3n) is 3.48. The fraction of sp³-hybridized carbons (Fsp3) is 0.200. The van der Waals surface area contributed by atoms with Crippen molar-refractivity contribution in [3.05, 3.63) is 64.8 Å². The largest absolute Gasteiger partial charge is 0.482 e. The van der Waals surface area contributed by atoms with E-state index in [1.54, 1.807) is 32.0 Å². The van der Waals surface area contributed by atoms with Crippen LogP contribution in [0.1, 0.15) is 13.8 Å². The Kier molecular flexibility index (Phi) is 4.84. The van der Waals surface area contributed by atoms with E-state index in [-0.39, 0.29) is 18.1 Å². The van der Waals surface area contributed by atoms with Gasteiger partial charge in [-0.25, -0.2) is 4.79 Å². The minimum absolute atomic E-state index is 0.171.